The van der Waals surface area contributed by atoms with E-state index < -0.39 is 0 Å². The van der Waals surface area contributed by atoms with E-state index in [9.17, 15) is 9.18 Å². The topological polar surface area (TPSA) is 71.3 Å². The van der Waals surface area contributed by atoms with Crippen LogP contribution in [-0.4, -0.2) is 27.6 Å². The Morgan fingerprint density at radius 1 is 1.16 bits per heavy atom. The molecule has 0 aliphatic heterocycles. The number of urea groups is 1. The van der Waals surface area contributed by atoms with Gasteiger partial charge in [0.05, 0.1) is 0 Å². The number of aromatic nitrogens is 2. The molecule has 0 bridgehead atoms. The molecule has 25 heavy (non-hydrogen) atoms. The Morgan fingerprint density at radius 3 is 2.56 bits per heavy atom. The summed E-state index contributed by atoms with van der Waals surface area (Å²) in [4.78, 5) is 18.2. The van der Waals surface area contributed by atoms with Crippen molar-refractivity contribution in [1.29, 1.82) is 0 Å². The molecule has 2 amide bonds. The molecule has 0 saturated carbocycles. The lowest BCUT2D eigenvalue weighted by Crippen LogP contribution is -2.34. The van der Waals surface area contributed by atoms with Crippen LogP contribution in [0.1, 0.15) is 12.8 Å². The van der Waals surface area contributed by atoms with Crippen LogP contribution in [-0.2, 0) is 6.54 Å². The van der Waals surface area contributed by atoms with Crippen LogP contribution >= 0.6 is 0 Å². The highest BCUT2D eigenvalue weighted by Crippen LogP contribution is 2.16. The van der Waals surface area contributed by atoms with Crippen LogP contribution in [0.15, 0.2) is 59.1 Å². The fourth-order valence-electron chi connectivity index (χ4n) is 2.25. The van der Waals surface area contributed by atoms with Crippen molar-refractivity contribution in [2.75, 3.05) is 11.9 Å². The number of carbonyl (C=O) groups excluding carboxylic acids is 1. The van der Waals surface area contributed by atoms with Crippen LogP contribution in [0.4, 0.5) is 14.9 Å². The van der Waals surface area contributed by atoms with E-state index in [4.69, 9.17) is 4.52 Å². The first-order valence-corrected chi connectivity index (χ1v) is 7.85. The quantitative estimate of drug-likeness (QED) is 0.764. The molecule has 7 heteroatoms. The summed E-state index contributed by atoms with van der Waals surface area (Å²) in [5.41, 5.74) is 1.36. The smallest absolute Gasteiger partial charge is 0.322 e. The Kier molecular flexibility index (Phi) is 5.03. The molecule has 1 N–H and O–H groups in total. The van der Waals surface area contributed by atoms with Gasteiger partial charge in [-0.1, -0.05) is 35.5 Å². The van der Waals surface area contributed by atoms with Crippen LogP contribution in [0.5, 0.6) is 0 Å². The molecule has 0 aliphatic carbocycles. The SMILES string of the molecule is CCN(Cc1nc(-c2ccccc2)no1)C(=O)Nc1ccc(F)cc1. The highest BCUT2D eigenvalue weighted by Gasteiger charge is 2.17. The molecule has 0 saturated heterocycles. The van der Waals surface area contributed by atoms with E-state index >= 15 is 0 Å². The summed E-state index contributed by atoms with van der Waals surface area (Å²) in [5, 5.41) is 6.65. The third-order valence-electron chi connectivity index (χ3n) is 3.59. The van der Waals surface area contributed by atoms with E-state index in [1.54, 1.807) is 0 Å². The van der Waals surface area contributed by atoms with Crippen molar-refractivity contribution in [2.24, 2.45) is 0 Å². The lowest BCUT2D eigenvalue weighted by atomic mass is 10.2. The minimum absolute atomic E-state index is 0.184. The Balaban J connectivity index is 1.66. The van der Waals surface area contributed by atoms with Crippen molar-refractivity contribution in [3.8, 4) is 11.4 Å². The average molecular weight is 340 g/mol. The maximum absolute atomic E-state index is 12.9. The number of nitrogens with zero attached hydrogens (tertiary/aromatic N) is 3. The second-order valence-corrected chi connectivity index (χ2v) is 5.33. The summed E-state index contributed by atoms with van der Waals surface area (Å²) in [6, 6.07) is 14.7. The Bertz CT molecular complexity index is 834. The van der Waals surface area contributed by atoms with Crippen molar-refractivity contribution in [1.82, 2.24) is 15.0 Å². The monoisotopic (exact) mass is 340 g/mol. The molecule has 1 aromatic heterocycles. The number of amides is 2. The van der Waals surface area contributed by atoms with Crippen molar-refractivity contribution in [3.63, 3.8) is 0 Å². The molecule has 0 atom stereocenters. The van der Waals surface area contributed by atoms with Crippen LogP contribution in [0.3, 0.4) is 0 Å². The minimum Gasteiger partial charge on any atom is -0.337 e. The first kappa shape index (κ1) is 16.6. The first-order valence-electron chi connectivity index (χ1n) is 7.85. The Hall–Kier alpha value is -3.22. The molecule has 0 fully saturated rings. The number of halogens is 1. The number of nitrogens with one attached hydrogen (secondary N) is 1. The molecule has 3 aromatic rings. The zero-order chi connectivity index (χ0) is 17.6. The van der Waals surface area contributed by atoms with E-state index in [-0.39, 0.29) is 18.4 Å². The molecule has 0 aliphatic rings. The highest BCUT2D eigenvalue weighted by molar-refractivity contribution is 5.89. The van der Waals surface area contributed by atoms with Crippen LogP contribution in [0.25, 0.3) is 11.4 Å². The van der Waals surface area contributed by atoms with Crippen molar-refractivity contribution >= 4 is 11.7 Å². The predicted octanol–water partition coefficient (Wildman–Crippen LogP) is 3.93. The van der Waals surface area contributed by atoms with E-state index in [0.29, 0.717) is 23.9 Å². The van der Waals surface area contributed by atoms with Crippen LogP contribution < -0.4 is 5.32 Å². The molecule has 3 rings (SSSR count). The van der Waals surface area contributed by atoms with E-state index in [2.05, 4.69) is 15.5 Å². The maximum Gasteiger partial charge on any atom is 0.322 e. The molecule has 128 valence electrons. The van der Waals surface area contributed by atoms with Gasteiger partial charge in [0.2, 0.25) is 11.7 Å². The first-order chi connectivity index (χ1) is 12.2. The summed E-state index contributed by atoms with van der Waals surface area (Å²) in [7, 11) is 0. The fraction of sp³-hybridized carbons (Fsp3) is 0.167. The predicted molar refractivity (Wildman–Crippen MR) is 91.2 cm³/mol. The van der Waals surface area contributed by atoms with E-state index in [0.717, 1.165) is 5.56 Å². The van der Waals surface area contributed by atoms with Crippen molar-refractivity contribution in [3.05, 3.63) is 66.3 Å². The third-order valence-corrected chi connectivity index (χ3v) is 3.59. The van der Waals surface area contributed by atoms with E-state index in [1.165, 1.54) is 29.2 Å². The van der Waals surface area contributed by atoms with Gasteiger partial charge in [-0.15, -0.1) is 0 Å². The molecule has 2 aromatic carbocycles. The highest BCUT2D eigenvalue weighted by atomic mass is 19.1. The van der Waals surface area contributed by atoms with Crippen LogP contribution in [0.2, 0.25) is 0 Å². The summed E-state index contributed by atoms with van der Waals surface area (Å²) in [6.45, 7) is 2.48. The average Bonchev–Trinajstić information content (AvgIpc) is 3.11. The minimum atomic E-state index is -0.357. The Labute approximate surface area is 144 Å². The molecular formula is C18H17FN4O2. The third kappa shape index (κ3) is 4.20. The van der Waals surface area contributed by atoms with Crippen molar-refractivity contribution < 1.29 is 13.7 Å². The summed E-state index contributed by atoms with van der Waals surface area (Å²) >= 11 is 0. The summed E-state index contributed by atoms with van der Waals surface area (Å²) in [6.07, 6.45) is 0. The summed E-state index contributed by atoms with van der Waals surface area (Å²) < 4.78 is 18.2. The van der Waals surface area contributed by atoms with Gasteiger partial charge in [-0.2, -0.15) is 4.98 Å². The maximum atomic E-state index is 12.9. The lowest BCUT2D eigenvalue weighted by Gasteiger charge is -2.19. The van der Waals surface area contributed by atoms with E-state index in [1.807, 2.05) is 37.3 Å². The second-order valence-electron chi connectivity index (χ2n) is 5.33. The molecule has 0 spiro atoms. The Morgan fingerprint density at radius 2 is 1.88 bits per heavy atom. The normalized spacial score (nSPS) is 10.5. The number of rotatable bonds is 5. The number of anilines is 1. The molecule has 6 nitrogen and oxygen atoms in total. The van der Waals surface area contributed by atoms with Gasteiger partial charge in [0, 0.05) is 17.8 Å². The number of hydrogen-bond acceptors (Lipinski definition) is 4. The number of hydrogen-bond donors (Lipinski definition) is 1. The largest absolute Gasteiger partial charge is 0.337 e. The van der Waals surface area contributed by atoms with Crippen LogP contribution in [0, 0.1) is 5.82 Å². The van der Waals surface area contributed by atoms with Gasteiger partial charge in [-0.3, -0.25) is 0 Å². The fourth-order valence-corrected chi connectivity index (χ4v) is 2.25. The molecule has 1 heterocycles. The lowest BCUT2D eigenvalue weighted by molar-refractivity contribution is 0.203. The van der Waals surface area contributed by atoms with Gasteiger partial charge in [0.1, 0.15) is 12.4 Å². The molecule has 0 radical (unpaired) electrons. The molecular weight excluding hydrogens is 323 g/mol. The van der Waals surface area contributed by atoms with Gasteiger partial charge < -0.3 is 14.7 Å². The zero-order valence-corrected chi connectivity index (χ0v) is 13.6. The van der Waals surface area contributed by atoms with Gasteiger partial charge in [-0.05, 0) is 31.2 Å². The van der Waals surface area contributed by atoms with Gasteiger partial charge >= 0.3 is 6.03 Å². The number of carbonyl (C=O) groups is 1. The standard InChI is InChI=1S/C18H17FN4O2/c1-2-23(18(24)20-15-10-8-14(19)9-11-15)12-16-21-17(22-25-16)13-6-4-3-5-7-13/h3-11H,2,12H2,1H3,(H,20,24). The molecule has 0 unspecified atom stereocenters. The van der Waals surface area contributed by atoms with Gasteiger partial charge in [-0.25, -0.2) is 9.18 Å². The number of benzene rings is 2. The van der Waals surface area contributed by atoms with Gasteiger partial charge in [0.25, 0.3) is 0 Å². The zero-order valence-electron chi connectivity index (χ0n) is 13.6. The second kappa shape index (κ2) is 7.57. The van der Waals surface area contributed by atoms with Gasteiger partial charge in [0.15, 0.2) is 0 Å². The summed E-state index contributed by atoms with van der Waals surface area (Å²) in [5.74, 6) is 0.463. The van der Waals surface area contributed by atoms with Crippen molar-refractivity contribution in [2.45, 2.75) is 13.5 Å².